The molecule has 136 valence electrons. The number of nitrogens with two attached hydrogens (primary N) is 1. The molecule has 4 N–H and O–H groups in total. The van der Waals surface area contributed by atoms with E-state index in [1.807, 2.05) is 24.3 Å². The maximum Gasteiger partial charge on any atom is 0.235 e. The number of thioether (sulfide) groups is 1. The van der Waals surface area contributed by atoms with Gasteiger partial charge in [0.25, 0.3) is 0 Å². The predicted molar refractivity (Wildman–Crippen MR) is 102 cm³/mol. The van der Waals surface area contributed by atoms with E-state index in [2.05, 4.69) is 15.8 Å². The van der Waals surface area contributed by atoms with Crippen molar-refractivity contribution >= 4 is 47.5 Å². The quantitative estimate of drug-likeness (QED) is 0.600. The average molecular weight is 385 g/mol. The minimum Gasteiger partial charge on any atom is -0.399 e. The lowest BCUT2D eigenvalue weighted by Crippen LogP contribution is -2.28. The monoisotopic (exact) mass is 384 g/mol. The summed E-state index contributed by atoms with van der Waals surface area (Å²) >= 11 is 1.24. The van der Waals surface area contributed by atoms with Gasteiger partial charge < -0.3 is 20.9 Å². The van der Waals surface area contributed by atoms with Crippen molar-refractivity contribution in [2.24, 2.45) is 0 Å². The molecule has 1 aromatic heterocycles. The number of anilines is 2. The molecule has 0 aliphatic heterocycles. The van der Waals surface area contributed by atoms with Gasteiger partial charge >= 0.3 is 0 Å². The fourth-order valence-corrected chi connectivity index (χ4v) is 2.57. The van der Waals surface area contributed by atoms with Crippen molar-refractivity contribution in [3.8, 4) is 0 Å². The summed E-state index contributed by atoms with van der Waals surface area (Å²) in [7, 11) is 0. The van der Waals surface area contributed by atoms with Crippen LogP contribution < -0.4 is 16.4 Å². The molecular formula is C16H21ClN4O3S. The van der Waals surface area contributed by atoms with Crippen LogP contribution in [0.15, 0.2) is 34.9 Å². The molecule has 0 aliphatic carbocycles. The largest absolute Gasteiger partial charge is 0.399 e. The van der Waals surface area contributed by atoms with E-state index in [4.69, 9.17) is 10.3 Å². The summed E-state index contributed by atoms with van der Waals surface area (Å²) in [6.45, 7) is 2.29. The number of benzene rings is 1. The Bertz CT molecular complexity index is 691. The highest BCUT2D eigenvalue weighted by molar-refractivity contribution is 8.00. The fourth-order valence-electron chi connectivity index (χ4n) is 1.92. The van der Waals surface area contributed by atoms with Gasteiger partial charge in [0.15, 0.2) is 5.82 Å². The number of rotatable bonds is 8. The van der Waals surface area contributed by atoms with Gasteiger partial charge in [0.1, 0.15) is 5.76 Å². The zero-order valence-electron chi connectivity index (χ0n) is 13.8. The number of carbonyl (C=O) groups is 2. The molecule has 9 heteroatoms. The minimum absolute atomic E-state index is 0. The number of nitrogens with one attached hydrogen (secondary N) is 2. The highest BCUT2D eigenvalue weighted by atomic mass is 35.5. The molecule has 0 spiro atoms. The third-order valence-electron chi connectivity index (χ3n) is 3.08. The molecule has 0 bridgehead atoms. The normalized spacial score (nSPS) is 9.96. The Balaban J connectivity index is 0.00000312. The standard InChI is InChI=1S/C16H20N4O3S.ClH/c1-11-8-14(20-23-11)19-16(22)10-24-9-15(21)18-7-6-12-2-4-13(17)5-3-12;/h2-5,8H,6-7,9-10,17H2,1H3,(H,18,21)(H,19,20,22);1H. The number of hydrogen-bond acceptors (Lipinski definition) is 6. The lowest BCUT2D eigenvalue weighted by Gasteiger charge is -2.06. The van der Waals surface area contributed by atoms with Gasteiger partial charge in [-0.25, -0.2) is 0 Å². The van der Waals surface area contributed by atoms with Gasteiger partial charge in [0, 0.05) is 18.3 Å². The molecule has 2 amide bonds. The van der Waals surface area contributed by atoms with E-state index in [0.717, 1.165) is 17.7 Å². The number of amides is 2. The Morgan fingerprint density at radius 3 is 2.52 bits per heavy atom. The smallest absolute Gasteiger partial charge is 0.235 e. The summed E-state index contributed by atoms with van der Waals surface area (Å²) in [4.78, 5) is 23.4. The zero-order valence-corrected chi connectivity index (χ0v) is 15.4. The van der Waals surface area contributed by atoms with Crippen molar-refractivity contribution in [1.82, 2.24) is 10.5 Å². The van der Waals surface area contributed by atoms with Crippen molar-refractivity contribution in [3.63, 3.8) is 0 Å². The molecule has 0 unspecified atom stereocenters. The van der Waals surface area contributed by atoms with Crippen molar-refractivity contribution in [3.05, 3.63) is 41.7 Å². The van der Waals surface area contributed by atoms with Crippen LogP contribution in [0, 0.1) is 6.92 Å². The third-order valence-corrected chi connectivity index (χ3v) is 4.01. The highest BCUT2D eigenvalue weighted by Gasteiger charge is 2.08. The van der Waals surface area contributed by atoms with Crippen molar-refractivity contribution in [1.29, 1.82) is 0 Å². The molecule has 0 radical (unpaired) electrons. The maximum atomic E-state index is 11.7. The fraction of sp³-hybridized carbons (Fsp3) is 0.312. The molecule has 7 nitrogen and oxygen atoms in total. The summed E-state index contributed by atoms with van der Waals surface area (Å²) in [6.07, 6.45) is 0.739. The van der Waals surface area contributed by atoms with Crippen LogP contribution in [0.1, 0.15) is 11.3 Å². The zero-order chi connectivity index (χ0) is 17.4. The Kier molecular flexibility index (Phi) is 8.87. The molecule has 0 aliphatic rings. The number of aromatic nitrogens is 1. The second-order valence-electron chi connectivity index (χ2n) is 5.21. The summed E-state index contributed by atoms with van der Waals surface area (Å²) in [5, 5.41) is 9.09. The van der Waals surface area contributed by atoms with E-state index < -0.39 is 0 Å². The Labute approximate surface area is 156 Å². The molecular weight excluding hydrogens is 364 g/mol. The number of carbonyl (C=O) groups excluding carboxylic acids is 2. The van der Waals surface area contributed by atoms with E-state index in [-0.39, 0.29) is 35.7 Å². The van der Waals surface area contributed by atoms with E-state index in [0.29, 0.717) is 18.1 Å². The Hall–Kier alpha value is -2.19. The highest BCUT2D eigenvalue weighted by Crippen LogP contribution is 2.08. The van der Waals surface area contributed by atoms with Gasteiger partial charge in [-0.2, -0.15) is 0 Å². The number of nitrogens with zero attached hydrogens (tertiary/aromatic N) is 1. The van der Waals surface area contributed by atoms with Crippen LogP contribution in [0.2, 0.25) is 0 Å². The van der Waals surface area contributed by atoms with E-state index in [1.165, 1.54) is 11.8 Å². The molecule has 0 saturated heterocycles. The molecule has 2 aromatic rings. The minimum atomic E-state index is -0.219. The lowest BCUT2D eigenvalue weighted by molar-refractivity contribution is -0.118. The van der Waals surface area contributed by atoms with Gasteiger partial charge in [0.2, 0.25) is 11.8 Å². The second kappa shape index (κ2) is 10.6. The Morgan fingerprint density at radius 1 is 1.20 bits per heavy atom. The van der Waals surface area contributed by atoms with Crippen molar-refractivity contribution in [2.75, 3.05) is 29.1 Å². The SMILES string of the molecule is Cc1cc(NC(=O)CSCC(=O)NCCc2ccc(N)cc2)no1.Cl. The van der Waals surface area contributed by atoms with E-state index in [9.17, 15) is 9.59 Å². The van der Waals surface area contributed by atoms with Crippen LogP contribution in [0.25, 0.3) is 0 Å². The van der Waals surface area contributed by atoms with Crippen LogP contribution in [0.4, 0.5) is 11.5 Å². The predicted octanol–water partition coefficient (Wildman–Crippen LogP) is 2.02. The molecule has 25 heavy (non-hydrogen) atoms. The number of hydrogen-bond donors (Lipinski definition) is 3. The van der Waals surface area contributed by atoms with Crippen LogP contribution in [-0.2, 0) is 16.0 Å². The van der Waals surface area contributed by atoms with E-state index >= 15 is 0 Å². The van der Waals surface area contributed by atoms with Gasteiger partial charge in [-0.15, -0.1) is 24.2 Å². The van der Waals surface area contributed by atoms with Gasteiger partial charge in [-0.05, 0) is 31.0 Å². The molecule has 0 saturated carbocycles. The maximum absolute atomic E-state index is 11.7. The first-order valence-corrected chi connectivity index (χ1v) is 8.60. The Morgan fingerprint density at radius 2 is 1.88 bits per heavy atom. The van der Waals surface area contributed by atoms with Gasteiger partial charge in [0.05, 0.1) is 11.5 Å². The second-order valence-corrected chi connectivity index (χ2v) is 6.19. The number of halogens is 1. The molecule has 2 rings (SSSR count). The van der Waals surface area contributed by atoms with Crippen molar-refractivity contribution < 1.29 is 14.1 Å². The van der Waals surface area contributed by atoms with Gasteiger partial charge in [-0.1, -0.05) is 17.3 Å². The topological polar surface area (TPSA) is 110 Å². The van der Waals surface area contributed by atoms with Crippen LogP contribution in [0.5, 0.6) is 0 Å². The third kappa shape index (κ3) is 7.95. The first kappa shape index (κ1) is 20.9. The molecule has 1 heterocycles. The lowest BCUT2D eigenvalue weighted by atomic mass is 10.1. The van der Waals surface area contributed by atoms with Crippen LogP contribution >= 0.6 is 24.2 Å². The summed E-state index contributed by atoms with van der Waals surface area (Å²) in [5.41, 5.74) is 7.45. The number of nitrogen functional groups attached to an aromatic ring is 1. The summed E-state index contributed by atoms with van der Waals surface area (Å²) in [5.74, 6) is 1.09. The van der Waals surface area contributed by atoms with Crippen LogP contribution in [-0.4, -0.2) is 35.0 Å². The summed E-state index contributed by atoms with van der Waals surface area (Å²) in [6, 6.07) is 9.18. The van der Waals surface area contributed by atoms with Gasteiger partial charge in [-0.3, -0.25) is 9.59 Å². The van der Waals surface area contributed by atoms with Crippen molar-refractivity contribution in [2.45, 2.75) is 13.3 Å². The summed E-state index contributed by atoms with van der Waals surface area (Å²) < 4.78 is 4.85. The number of aryl methyl sites for hydroxylation is 1. The molecule has 0 atom stereocenters. The van der Waals surface area contributed by atoms with Crippen LogP contribution in [0.3, 0.4) is 0 Å². The van der Waals surface area contributed by atoms with E-state index in [1.54, 1.807) is 13.0 Å². The first-order chi connectivity index (χ1) is 11.5. The first-order valence-electron chi connectivity index (χ1n) is 7.45. The molecule has 0 fully saturated rings. The molecule has 1 aromatic carbocycles. The average Bonchev–Trinajstić information content (AvgIpc) is 2.94.